The average molecular weight is 299 g/mol. The van der Waals surface area contributed by atoms with E-state index in [4.69, 9.17) is 4.74 Å². The number of carbonyl (C=O) groups is 1. The van der Waals surface area contributed by atoms with Crippen LogP contribution in [0.2, 0.25) is 0 Å². The fraction of sp³-hybridized carbons (Fsp3) is 0.278. The number of methoxy groups -OCH3 is 1. The highest BCUT2D eigenvalue weighted by molar-refractivity contribution is 5.94. The Balaban J connectivity index is 1.72. The predicted octanol–water partition coefficient (Wildman–Crippen LogP) is 3.30. The smallest absolute Gasteiger partial charge is 0.251 e. The minimum absolute atomic E-state index is 0.0599. The number of hydrogen-bond acceptors (Lipinski definition) is 2. The third-order valence-corrected chi connectivity index (χ3v) is 4.21. The zero-order valence-corrected chi connectivity index (χ0v) is 12.4. The third kappa shape index (κ3) is 2.82. The zero-order chi connectivity index (χ0) is 15.6. The maximum atomic E-state index is 13.2. The van der Waals surface area contributed by atoms with Gasteiger partial charge in [-0.3, -0.25) is 4.79 Å². The summed E-state index contributed by atoms with van der Waals surface area (Å²) in [7, 11) is 1.65. The minimum atomic E-state index is -0.404. The van der Waals surface area contributed by atoms with Crippen molar-refractivity contribution in [1.82, 2.24) is 5.32 Å². The minimum Gasteiger partial charge on any atom is -0.496 e. The Kier molecular flexibility index (Phi) is 3.84. The van der Waals surface area contributed by atoms with Crippen LogP contribution in [0.3, 0.4) is 0 Å². The molecule has 4 heteroatoms. The average Bonchev–Trinajstić information content (AvgIpc) is 3.33. The molecular formula is C18H18FNO2. The van der Waals surface area contributed by atoms with E-state index in [0.717, 1.165) is 24.2 Å². The van der Waals surface area contributed by atoms with Crippen molar-refractivity contribution >= 4 is 5.91 Å². The molecule has 1 amide bonds. The van der Waals surface area contributed by atoms with Crippen LogP contribution in [-0.2, 0) is 5.41 Å². The summed E-state index contributed by atoms with van der Waals surface area (Å²) in [5.41, 5.74) is 1.41. The van der Waals surface area contributed by atoms with Crippen LogP contribution in [0, 0.1) is 5.82 Å². The van der Waals surface area contributed by atoms with E-state index in [9.17, 15) is 9.18 Å². The third-order valence-electron chi connectivity index (χ3n) is 4.21. The first-order chi connectivity index (χ1) is 10.6. The molecular weight excluding hydrogens is 281 g/mol. The van der Waals surface area contributed by atoms with Gasteiger partial charge in [-0.15, -0.1) is 0 Å². The molecule has 1 fully saturated rings. The maximum Gasteiger partial charge on any atom is 0.251 e. The van der Waals surface area contributed by atoms with Gasteiger partial charge in [-0.2, -0.15) is 0 Å². The summed E-state index contributed by atoms with van der Waals surface area (Å²) >= 11 is 0. The molecule has 0 bridgehead atoms. The van der Waals surface area contributed by atoms with Crippen LogP contribution < -0.4 is 10.1 Å². The molecule has 2 aromatic carbocycles. The summed E-state index contributed by atoms with van der Waals surface area (Å²) < 4.78 is 18.6. The molecule has 0 aromatic heterocycles. The van der Waals surface area contributed by atoms with Crippen molar-refractivity contribution < 1.29 is 13.9 Å². The van der Waals surface area contributed by atoms with Crippen molar-refractivity contribution in [1.29, 1.82) is 0 Å². The Labute approximate surface area is 129 Å². The summed E-state index contributed by atoms with van der Waals surface area (Å²) in [6, 6.07) is 13.6. The highest BCUT2D eigenvalue weighted by Crippen LogP contribution is 2.50. The van der Waals surface area contributed by atoms with E-state index in [1.54, 1.807) is 13.2 Å². The molecule has 0 aliphatic heterocycles. The van der Waals surface area contributed by atoms with E-state index in [-0.39, 0.29) is 11.3 Å². The van der Waals surface area contributed by atoms with Crippen molar-refractivity contribution in [3.8, 4) is 5.75 Å². The first kappa shape index (κ1) is 14.6. The number of hydrogen-bond donors (Lipinski definition) is 1. The second kappa shape index (κ2) is 5.79. The van der Waals surface area contributed by atoms with Crippen LogP contribution in [-0.4, -0.2) is 19.6 Å². The van der Waals surface area contributed by atoms with Gasteiger partial charge in [0.15, 0.2) is 0 Å². The van der Waals surface area contributed by atoms with Crippen molar-refractivity contribution in [2.75, 3.05) is 13.7 Å². The zero-order valence-electron chi connectivity index (χ0n) is 12.4. The van der Waals surface area contributed by atoms with Gasteiger partial charge >= 0.3 is 0 Å². The molecule has 114 valence electrons. The number of halogens is 1. The maximum absolute atomic E-state index is 13.2. The lowest BCUT2D eigenvalue weighted by Gasteiger charge is -2.19. The monoisotopic (exact) mass is 299 g/mol. The number of rotatable bonds is 5. The molecule has 22 heavy (non-hydrogen) atoms. The second-order valence-electron chi connectivity index (χ2n) is 5.67. The normalized spacial score (nSPS) is 15.2. The van der Waals surface area contributed by atoms with E-state index < -0.39 is 5.82 Å². The van der Waals surface area contributed by atoms with Gasteiger partial charge in [-0.25, -0.2) is 4.39 Å². The number of nitrogens with one attached hydrogen (secondary N) is 1. The molecule has 1 aliphatic rings. The number of carbonyl (C=O) groups excluding carboxylic acids is 1. The van der Waals surface area contributed by atoms with Gasteiger partial charge < -0.3 is 10.1 Å². The molecule has 1 saturated carbocycles. The van der Waals surface area contributed by atoms with Crippen LogP contribution in [0.25, 0.3) is 0 Å². The van der Waals surface area contributed by atoms with Gasteiger partial charge in [0.25, 0.3) is 5.91 Å². The SMILES string of the molecule is COc1ccccc1C1(CNC(=O)c2cccc(F)c2)CC1. The highest BCUT2D eigenvalue weighted by atomic mass is 19.1. The van der Waals surface area contributed by atoms with Crippen molar-refractivity contribution in [2.24, 2.45) is 0 Å². The van der Waals surface area contributed by atoms with Crippen molar-refractivity contribution in [3.05, 3.63) is 65.5 Å². The summed E-state index contributed by atoms with van der Waals surface area (Å²) in [6.45, 7) is 0.530. The van der Waals surface area contributed by atoms with E-state index in [0.29, 0.717) is 12.1 Å². The lowest BCUT2D eigenvalue weighted by Crippen LogP contribution is -2.32. The molecule has 2 aromatic rings. The number of benzene rings is 2. The van der Waals surface area contributed by atoms with Crippen LogP contribution in [0.4, 0.5) is 4.39 Å². The Morgan fingerprint density at radius 2 is 2.00 bits per heavy atom. The summed E-state index contributed by atoms with van der Waals surface area (Å²) in [6.07, 6.45) is 2.02. The first-order valence-corrected chi connectivity index (χ1v) is 7.32. The molecule has 0 radical (unpaired) electrons. The lowest BCUT2D eigenvalue weighted by molar-refractivity contribution is 0.0949. The molecule has 0 spiro atoms. The van der Waals surface area contributed by atoms with Crippen LogP contribution in [0.1, 0.15) is 28.8 Å². The standard InChI is InChI=1S/C18H18FNO2/c1-22-16-8-3-2-7-15(16)18(9-10-18)12-20-17(21)13-5-4-6-14(19)11-13/h2-8,11H,9-10,12H2,1H3,(H,20,21). The largest absolute Gasteiger partial charge is 0.496 e. The van der Waals surface area contributed by atoms with Crippen LogP contribution in [0.5, 0.6) is 5.75 Å². The molecule has 3 nitrogen and oxygen atoms in total. The molecule has 0 unspecified atom stereocenters. The fourth-order valence-electron chi connectivity index (χ4n) is 2.76. The molecule has 1 aliphatic carbocycles. The molecule has 0 atom stereocenters. The number of amides is 1. The lowest BCUT2D eigenvalue weighted by atomic mass is 9.94. The first-order valence-electron chi connectivity index (χ1n) is 7.32. The van der Waals surface area contributed by atoms with E-state index in [1.807, 2.05) is 24.3 Å². The summed E-state index contributed by atoms with van der Waals surface area (Å²) in [5.74, 6) is 0.194. The van der Waals surface area contributed by atoms with Gasteiger partial charge in [0, 0.05) is 23.1 Å². The van der Waals surface area contributed by atoms with E-state index in [2.05, 4.69) is 5.32 Å². The van der Waals surface area contributed by atoms with Gasteiger partial charge in [0.2, 0.25) is 0 Å². The van der Waals surface area contributed by atoms with Crippen molar-refractivity contribution in [2.45, 2.75) is 18.3 Å². The summed E-state index contributed by atoms with van der Waals surface area (Å²) in [5, 5.41) is 2.92. The second-order valence-corrected chi connectivity index (χ2v) is 5.67. The van der Waals surface area contributed by atoms with Gasteiger partial charge in [-0.05, 0) is 37.1 Å². The van der Waals surface area contributed by atoms with Crippen LogP contribution >= 0.6 is 0 Å². The van der Waals surface area contributed by atoms with E-state index >= 15 is 0 Å². The van der Waals surface area contributed by atoms with E-state index in [1.165, 1.54) is 18.2 Å². The van der Waals surface area contributed by atoms with Gasteiger partial charge in [0.05, 0.1) is 7.11 Å². The Bertz CT molecular complexity index is 695. The highest BCUT2D eigenvalue weighted by Gasteiger charge is 2.46. The molecule has 3 rings (SSSR count). The van der Waals surface area contributed by atoms with Crippen LogP contribution in [0.15, 0.2) is 48.5 Å². The molecule has 0 saturated heterocycles. The molecule has 1 N–H and O–H groups in total. The van der Waals surface area contributed by atoms with Gasteiger partial charge in [-0.1, -0.05) is 24.3 Å². The summed E-state index contributed by atoms with van der Waals surface area (Å²) in [4.78, 5) is 12.1. The van der Waals surface area contributed by atoms with Gasteiger partial charge in [0.1, 0.15) is 11.6 Å². The number of para-hydroxylation sites is 1. The fourth-order valence-corrected chi connectivity index (χ4v) is 2.76. The predicted molar refractivity (Wildman–Crippen MR) is 82.6 cm³/mol. The Morgan fingerprint density at radius 1 is 1.23 bits per heavy atom. The Hall–Kier alpha value is -2.36. The van der Waals surface area contributed by atoms with Crippen molar-refractivity contribution in [3.63, 3.8) is 0 Å². The molecule has 0 heterocycles. The quantitative estimate of drug-likeness (QED) is 0.920. The topological polar surface area (TPSA) is 38.3 Å². The Morgan fingerprint density at radius 3 is 2.68 bits per heavy atom. The number of ether oxygens (including phenoxy) is 1.